The van der Waals surface area contributed by atoms with Gasteiger partial charge in [-0.05, 0) is 46.6 Å². The summed E-state index contributed by atoms with van der Waals surface area (Å²) >= 11 is 5.50. The van der Waals surface area contributed by atoms with Gasteiger partial charge in [-0.3, -0.25) is 0 Å². The summed E-state index contributed by atoms with van der Waals surface area (Å²) in [6.07, 6.45) is 0. The molecule has 2 aromatic rings. The molecule has 0 amide bonds. The zero-order valence-electron chi connectivity index (χ0n) is 15.3. The average molecular weight is 367 g/mol. The third kappa shape index (κ3) is 3.70. The molecule has 0 aliphatic heterocycles. The quantitative estimate of drug-likeness (QED) is 0.413. The van der Waals surface area contributed by atoms with E-state index >= 15 is 0 Å². The summed E-state index contributed by atoms with van der Waals surface area (Å²) < 4.78 is 6.60. The molecule has 0 spiro atoms. The molecule has 0 atom stereocenters. The molecular formula is C19H26OS3. The Hall–Kier alpha value is -0.710. The molecular weight excluding hydrogens is 340 g/mol. The van der Waals surface area contributed by atoms with Gasteiger partial charge < -0.3 is 4.74 Å². The normalized spacial score (nSPS) is 12.5. The minimum atomic E-state index is 0.0343. The Morgan fingerprint density at radius 1 is 0.913 bits per heavy atom. The summed E-state index contributed by atoms with van der Waals surface area (Å²) in [4.78, 5) is 1.32. The molecule has 2 rings (SSSR count). The van der Waals surface area contributed by atoms with Gasteiger partial charge in [-0.15, -0.1) is 0 Å². The van der Waals surface area contributed by atoms with Crippen LogP contribution in [0.5, 0.6) is 5.75 Å². The minimum Gasteiger partial charge on any atom is -0.497 e. The smallest absolute Gasteiger partial charge is 0.119 e. The molecule has 0 aliphatic carbocycles. The molecule has 0 unspecified atom stereocenters. The van der Waals surface area contributed by atoms with Gasteiger partial charge in [0, 0.05) is 5.56 Å². The standard InChI is InChI=1S/C19H26OS3/c1-11-16(22-23-17(11)21)15-13(18(2,3)4)9-12(20-8)10-14(15)19(5,6)7/h9-10H,1-8H3. The maximum atomic E-state index is 5.60. The van der Waals surface area contributed by atoms with E-state index < -0.39 is 0 Å². The monoisotopic (exact) mass is 366 g/mol. The van der Waals surface area contributed by atoms with E-state index in [2.05, 4.69) is 60.6 Å². The van der Waals surface area contributed by atoms with Gasteiger partial charge >= 0.3 is 0 Å². The van der Waals surface area contributed by atoms with Crippen molar-refractivity contribution in [2.24, 2.45) is 0 Å². The third-order valence-corrected chi connectivity index (χ3v) is 7.38. The molecule has 0 saturated heterocycles. The zero-order valence-corrected chi connectivity index (χ0v) is 17.7. The second-order valence-corrected chi connectivity index (χ2v) is 10.8. The first-order valence-corrected chi connectivity index (χ1v) is 10.4. The maximum Gasteiger partial charge on any atom is 0.119 e. The van der Waals surface area contributed by atoms with Crippen LogP contribution in [0, 0.1) is 10.7 Å². The highest BCUT2D eigenvalue weighted by molar-refractivity contribution is 7.80. The summed E-state index contributed by atoms with van der Waals surface area (Å²) in [5.41, 5.74) is 5.30. The van der Waals surface area contributed by atoms with Crippen molar-refractivity contribution >= 4 is 32.9 Å². The average Bonchev–Trinajstić information content (AvgIpc) is 2.75. The Morgan fingerprint density at radius 3 is 1.70 bits per heavy atom. The van der Waals surface area contributed by atoms with Crippen LogP contribution in [0.25, 0.3) is 10.4 Å². The van der Waals surface area contributed by atoms with Crippen LogP contribution >= 0.6 is 32.9 Å². The maximum absolute atomic E-state index is 5.60. The van der Waals surface area contributed by atoms with Crippen LogP contribution in [0.1, 0.15) is 58.2 Å². The molecule has 0 bridgehead atoms. The molecule has 0 radical (unpaired) electrons. The van der Waals surface area contributed by atoms with Crippen molar-refractivity contribution in [3.8, 4) is 16.2 Å². The lowest BCUT2D eigenvalue weighted by atomic mass is 9.75. The number of ether oxygens (including phenoxy) is 1. The summed E-state index contributed by atoms with van der Waals surface area (Å²) in [6, 6.07) is 4.38. The molecule has 1 nitrogen and oxygen atoms in total. The predicted molar refractivity (Wildman–Crippen MR) is 107 cm³/mol. The fourth-order valence-corrected chi connectivity index (χ4v) is 5.62. The Morgan fingerprint density at radius 2 is 1.39 bits per heavy atom. The summed E-state index contributed by atoms with van der Waals surface area (Å²) in [5, 5.41) is 0. The number of methoxy groups -OCH3 is 1. The van der Waals surface area contributed by atoms with Crippen molar-refractivity contribution < 1.29 is 4.74 Å². The summed E-state index contributed by atoms with van der Waals surface area (Å²) in [7, 11) is 5.24. The van der Waals surface area contributed by atoms with E-state index in [4.69, 9.17) is 17.0 Å². The molecule has 1 heterocycles. The van der Waals surface area contributed by atoms with E-state index in [-0.39, 0.29) is 10.8 Å². The lowest BCUT2D eigenvalue weighted by Gasteiger charge is -2.30. The van der Waals surface area contributed by atoms with Crippen LogP contribution in [-0.4, -0.2) is 7.11 Å². The van der Waals surface area contributed by atoms with Crippen LogP contribution in [-0.2, 0) is 10.8 Å². The zero-order chi connectivity index (χ0) is 17.6. The largest absolute Gasteiger partial charge is 0.497 e. The third-order valence-electron chi connectivity index (χ3n) is 4.04. The Bertz CT molecular complexity index is 732. The number of rotatable bonds is 2. The van der Waals surface area contributed by atoms with Crippen molar-refractivity contribution in [3.63, 3.8) is 0 Å². The molecule has 126 valence electrons. The molecule has 4 heteroatoms. The highest BCUT2D eigenvalue weighted by Crippen LogP contribution is 2.46. The van der Waals surface area contributed by atoms with Crippen LogP contribution in [0.2, 0.25) is 0 Å². The van der Waals surface area contributed by atoms with E-state index in [1.54, 1.807) is 27.8 Å². The number of hydrogen-bond acceptors (Lipinski definition) is 4. The van der Waals surface area contributed by atoms with Crippen LogP contribution in [0.15, 0.2) is 12.1 Å². The second-order valence-electron chi connectivity index (χ2n) is 8.01. The fourth-order valence-electron chi connectivity index (χ4n) is 2.69. The SMILES string of the molecule is COc1cc(C(C)(C)C)c(-c2ssc(=S)c2C)c(C(C)(C)C)c1. The van der Waals surface area contributed by atoms with Gasteiger partial charge in [0.1, 0.15) is 9.57 Å². The predicted octanol–water partition coefficient (Wildman–Crippen LogP) is 7.12. The van der Waals surface area contributed by atoms with Gasteiger partial charge in [-0.2, -0.15) is 0 Å². The van der Waals surface area contributed by atoms with Gasteiger partial charge in [-0.25, -0.2) is 0 Å². The lowest BCUT2D eigenvalue weighted by Crippen LogP contribution is -2.19. The van der Waals surface area contributed by atoms with E-state index in [9.17, 15) is 0 Å². The Balaban J connectivity index is 2.96. The first kappa shape index (κ1) is 18.6. The molecule has 0 fully saturated rings. The van der Waals surface area contributed by atoms with Crippen LogP contribution in [0.4, 0.5) is 0 Å². The summed E-state index contributed by atoms with van der Waals surface area (Å²) in [6.45, 7) is 15.7. The van der Waals surface area contributed by atoms with E-state index in [1.807, 2.05) is 0 Å². The Labute approximate surface area is 152 Å². The lowest BCUT2D eigenvalue weighted by molar-refractivity contribution is 0.410. The van der Waals surface area contributed by atoms with Gasteiger partial charge in [0.2, 0.25) is 0 Å². The van der Waals surface area contributed by atoms with Crippen molar-refractivity contribution in [2.75, 3.05) is 7.11 Å². The molecule has 0 N–H and O–H groups in total. The minimum absolute atomic E-state index is 0.0343. The first-order chi connectivity index (χ1) is 10.5. The van der Waals surface area contributed by atoms with Crippen molar-refractivity contribution in [1.29, 1.82) is 0 Å². The molecule has 23 heavy (non-hydrogen) atoms. The van der Waals surface area contributed by atoms with Crippen molar-refractivity contribution in [1.82, 2.24) is 0 Å². The molecule has 1 aromatic heterocycles. The second kappa shape index (κ2) is 6.30. The van der Waals surface area contributed by atoms with Gasteiger partial charge in [0.05, 0.1) is 12.0 Å². The highest BCUT2D eigenvalue weighted by atomic mass is 32.9. The van der Waals surface area contributed by atoms with Crippen molar-refractivity contribution in [3.05, 3.63) is 32.6 Å². The Kier molecular flexibility index (Phi) is 5.10. The van der Waals surface area contributed by atoms with E-state index in [0.717, 1.165) is 9.57 Å². The van der Waals surface area contributed by atoms with E-state index in [1.165, 1.54) is 27.1 Å². The number of hydrogen-bond donors (Lipinski definition) is 0. The van der Waals surface area contributed by atoms with Gasteiger partial charge in [-0.1, -0.05) is 74.4 Å². The molecule has 0 saturated carbocycles. The van der Waals surface area contributed by atoms with Crippen LogP contribution in [0.3, 0.4) is 0 Å². The van der Waals surface area contributed by atoms with Gasteiger partial charge in [0.25, 0.3) is 0 Å². The highest BCUT2D eigenvalue weighted by Gasteiger charge is 2.29. The topological polar surface area (TPSA) is 9.23 Å². The fraction of sp³-hybridized carbons (Fsp3) is 0.526. The first-order valence-electron chi connectivity index (χ1n) is 7.80. The van der Waals surface area contributed by atoms with Crippen molar-refractivity contribution in [2.45, 2.75) is 59.3 Å². The van der Waals surface area contributed by atoms with Crippen LogP contribution < -0.4 is 4.74 Å². The summed E-state index contributed by atoms with van der Waals surface area (Å²) in [5.74, 6) is 0.931. The molecule has 1 aromatic carbocycles. The van der Waals surface area contributed by atoms with Gasteiger partial charge in [0.15, 0.2) is 0 Å². The molecule has 0 aliphatic rings. The van der Waals surface area contributed by atoms with E-state index in [0.29, 0.717) is 0 Å². The number of benzene rings is 1.